The first-order valence-electron chi connectivity index (χ1n) is 3.85. The second-order valence-corrected chi connectivity index (χ2v) is 3.13. The van der Waals surface area contributed by atoms with Gasteiger partial charge in [0, 0.05) is 5.71 Å². The summed E-state index contributed by atoms with van der Waals surface area (Å²) in [4.78, 5) is 10.7. The lowest BCUT2D eigenvalue weighted by atomic mass is 9.83. The molecule has 1 aliphatic rings. The van der Waals surface area contributed by atoms with Gasteiger partial charge in [0.25, 0.3) is 0 Å². The highest BCUT2D eigenvalue weighted by Crippen LogP contribution is 2.23. The van der Waals surface area contributed by atoms with Crippen LogP contribution in [0, 0.1) is 11.3 Å². The quantitative estimate of drug-likeness (QED) is 0.583. The maximum atomic E-state index is 10.7. The summed E-state index contributed by atoms with van der Waals surface area (Å²) in [6.45, 7) is 1.19. The smallest absolute Gasteiger partial charge is 0.336 e. The summed E-state index contributed by atoms with van der Waals surface area (Å²) >= 11 is 0. The van der Waals surface area contributed by atoms with E-state index in [4.69, 9.17) is 10.5 Å². The van der Waals surface area contributed by atoms with E-state index in [1.165, 1.54) is 19.1 Å². The number of hydrogen-bond donors (Lipinski definition) is 3. The van der Waals surface area contributed by atoms with E-state index in [0.717, 1.165) is 0 Å². The van der Waals surface area contributed by atoms with Crippen molar-refractivity contribution in [2.75, 3.05) is 0 Å². The number of aliphatic hydroxyl groups is 1. The van der Waals surface area contributed by atoms with Gasteiger partial charge in [-0.25, -0.2) is 4.79 Å². The molecule has 0 amide bonds. The highest BCUT2D eigenvalue weighted by atomic mass is 16.4. The summed E-state index contributed by atoms with van der Waals surface area (Å²) in [5, 5.41) is 25.7. The van der Waals surface area contributed by atoms with Crippen molar-refractivity contribution in [3.8, 4) is 0 Å². The van der Waals surface area contributed by atoms with Gasteiger partial charge >= 0.3 is 5.97 Å². The van der Waals surface area contributed by atoms with E-state index in [-0.39, 0.29) is 5.71 Å². The molecule has 0 radical (unpaired) electrons. The molecule has 2 atom stereocenters. The first-order chi connectivity index (χ1) is 5.96. The molecule has 0 aromatic rings. The van der Waals surface area contributed by atoms with Crippen molar-refractivity contribution in [1.82, 2.24) is 0 Å². The number of carbonyl (C=O) groups is 1. The fourth-order valence-electron chi connectivity index (χ4n) is 1.17. The largest absolute Gasteiger partial charge is 0.479 e. The third kappa shape index (κ3) is 1.67. The van der Waals surface area contributed by atoms with Crippen LogP contribution in [0.3, 0.4) is 0 Å². The lowest BCUT2D eigenvalue weighted by Crippen LogP contribution is -2.45. The number of carboxylic acid groups (broad SMARTS) is 1. The predicted octanol–water partition coefficient (Wildman–Crippen LogP) is 0.584. The first kappa shape index (κ1) is 9.67. The zero-order valence-corrected chi connectivity index (χ0v) is 7.19. The van der Waals surface area contributed by atoms with Crippen molar-refractivity contribution >= 4 is 11.7 Å². The van der Waals surface area contributed by atoms with Crippen molar-refractivity contribution < 1.29 is 15.0 Å². The summed E-state index contributed by atoms with van der Waals surface area (Å²) in [6.07, 6.45) is 6.25. The van der Waals surface area contributed by atoms with Gasteiger partial charge < -0.3 is 15.6 Å². The van der Waals surface area contributed by atoms with Gasteiger partial charge in [0.2, 0.25) is 0 Å². The van der Waals surface area contributed by atoms with E-state index in [1.807, 2.05) is 0 Å². The number of nitrogens with one attached hydrogen (secondary N) is 1. The molecule has 3 N–H and O–H groups in total. The average Bonchev–Trinajstić information content (AvgIpc) is 2.04. The summed E-state index contributed by atoms with van der Waals surface area (Å²) in [6, 6.07) is 0. The molecule has 0 bridgehead atoms. The Morgan fingerprint density at radius 2 is 2.23 bits per heavy atom. The summed E-state index contributed by atoms with van der Waals surface area (Å²) in [5.74, 6) is -2.09. The fourth-order valence-corrected chi connectivity index (χ4v) is 1.17. The minimum Gasteiger partial charge on any atom is -0.479 e. The zero-order chi connectivity index (χ0) is 10.1. The Morgan fingerprint density at radius 3 is 2.69 bits per heavy atom. The Balaban J connectivity index is 2.95. The Morgan fingerprint density at radius 1 is 1.62 bits per heavy atom. The molecule has 0 fully saturated rings. The molecule has 0 heterocycles. The molecule has 13 heavy (non-hydrogen) atoms. The fraction of sp³-hybridized carbons (Fsp3) is 0.333. The average molecular weight is 181 g/mol. The van der Waals surface area contributed by atoms with Crippen LogP contribution in [0.15, 0.2) is 24.3 Å². The number of allylic oxidation sites excluding steroid dienone is 3. The van der Waals surface area contributed by atoms with Gasteiger partial charge in [0.15, 0.2) is 5.60 Å². The highest BCUT2D eigenvalue weighted by molar-refractivity contribution is 6.01. The SMILES string of the molecule is CC(O)(C(=O)O)C1C=CC=CC1=N. The maximum absolute atomic E-state index is 10.7. The molecule has 4 nitrogen and oxygen atoms in total. The topological polar surface area (TPSA) is 81.4 Å². The summed E-state index contributed by atoms with van der Waals surface area (Å²) in [7, 11) is 0. The Kier molecular flexibility index (Phi) is 2.34. The third-order valence-electron chi connectivity index (χ3n) is 2.06. The van der Waals surface area contributed by atoms with E-state index >= 15 is 0 Å². The standard InChI is InChI=1S/C9H11NO3/c1-9(13,8(11)12)6-4-2-3-5-7(6)10/h2-6,10,13H,1H3,(H,11,12). The van der Waals surface area contributed by atoms with Crippen molar-refractivity contribution in [3.05, 3.63) is 24.3 Å². The number of rotatable bonds is 2. The molecule has 0 aliphatic heterocycles. The van der Waals surface area contributed by atoms with Gasteiger partial charge in [-0.1, -0.05) is 18.2 Å². The third-order valence-corrected chi connectivity index (χ3v) is 2.06. The first-order valence-corrected chi connectivity index (χ1v) is 3.85. The van der Waals surface area contributed by atoms with Gasteiger partial charge in [-0.2, -0.15) is 0 Å². The van der Waals surface area contributed by atoms with Crippen LogP contribution < -0.4 is 0 Å². The zero-order valence-electron chi connectivity index (χ0n) is 7.19. The Hall–Kier alpha value is -1.42. The molecule has 0 saturated heterocycles. The van der Waals surface area contributed by atoms with Crippen molar-refractivity contribution in [2.24, 2.45) is 5.92 Å². The van der Waals surface area contributed by atoms with E-state index in [0.29, 0.717) is 0 Å². The number of carboxylic acids is 1. The second-order valence-electron chi connectivity index (χ2n) is 3.13. The summed E-state index contributed by atoms with van der Waals surface area (Å²) < 4.78 is 0. The Bertz CT molecular complexity index is 302. The second kappa shape index (κ2) is 3.14. The van der Waals surface area contributed by atoms with E-state index in [9.17, 15) is 9.90 Å². The molecule has 70 valence electrons. The molecule has 1 aliphatic carbocycles. The van der Waals surface area contributed by atoms with Crippen molar-refractivity contribution in [2.45, 2.75) is 12.5 Å². The minimum atomic E-state index is -1.90. The lowest BCUT2D eigenvalue weighted by molar-refractivity contribution is -0.158. The van der Waals surface area contributed by atoms with Crippen LogP contribution in [0.5, 0.6) is 0 Å². The lowest BCUT2D eigenvalue weighted by Gasteiger charge is -2.27. The van der Waals surface area contributed by atoms with Crippen molar-refractivity contribution in [1.29, 1.82) is 5.41 Å². The van der Waals surface area contributed by atoms with Crippen LogP contribution in [0.1, 0.15) is 6.92 Å². The molecule has 0 aromatic carbocycles. The normalized spacial score (nSPS) is 25.7. The van der Waals surface area contributed by atoms with Crippen LogP contribution in [0.4, 0.5) is 0 Å². The molecule has 2 unspecified atom stereocenters. The van der Waals surface area contributed by atoms with E-state index in [1.54, 1.807) is 12.2 Å². The van der Waals surface area contributed by atoms with Crippen LogP contribution in [0.2, 0.25) is 0 Å². The molecule has 4 heteroatoms. The van der Waals surface area contributed by atoms with Gasteiger partial charge in [-0.15, -0.1) is 0 Å². The number of hydrogen-bond acceptors (Lipinski definition) is 3. The van der Waals surface area contributed by atoms with Gasteiger partial charge in [-0.05, 0) is 13.0 Å². The van der Waals surface area contributed by atoms with Gasteiger partial charge in [0.1, 0.15) is 0 Å². The molecule has 1 rings (SSSR count). The van der Waals surface area contributed by atoms with E-state index < -0.39 is 17.5 Å². The van der Waals surface area contributed by atoms with Gasteiger partial charge in [-0.3, -0.25) is 0 Å². The monoisotopic (exact) mass is 181 g/mol. The molecule has 0 saturated carbocycles. The van der Waals surface area contributed by atoms with E-state index in [2.05, 4.69) is 0 Å². The molecule has 0 aromatic heterocycles. The summed E-state index contributed by atoms with van der Waals surface area (Å²) in [5.41, 5.74) is -1.80. The highest BCUT2D eigenvalue weighted by Gasteiger charge is 2.40. The van der Waals surface area contributed by atoms with Crippen LogP contribution in [-0.2, 0) is 4.79 Å². The van der Waals surface area contributed by atoms with Crippen LogP contribution in [-0.4, -0.2) is 27.5 Å². The van der Waals surface area contributed by atoms with Crippen molar-refractivity contribution in [3.63, 3.8) is 0 Å². The van der Waals surface area contributed by atoms with Gasteiger partial charge in [0.05, 0.1) is 5.92 Å². The predicted molar refractivity (Wildman–Crippen MR) is 47.8 cm³/mol. The minimum absolute atomic E-state index is 0.106. The Labute approximate surface area is 75.7 Å². The maximum Gasteiger partial charge on any atom is 0.336 e. The van der Waals surface area contributed by atoms with Crippen LogP contribution >= 0.6 is 0 Å². The molecular formula is C9H11NO3. The van der Waals surface area contributed by atoms with Crippen LogP contribution in [0.25, 0.3) is 0 Å². The molecule has 0 spiro atoms. The molecular weight excluding hydrogens is 170 g/mol. The number of aliphatic carboxylic acids is 1.